The monoisotopic (exact) mass is 285 g/mol. The number of fused-ring (bicyclic) bond motifs is 1. The van der Waals surface area contributed by atoms with Crippen molar-refractivity contribution in [2.75, 3.05) is 5.32 Å². The van der Waals surface area contributed by atoms with Crippen LogP contribution in [-0.2, 0) is 4.79 Å². The highest BCUT2D eigenvalue weighted by atomic mass is 16.2. The van der Waals surface area contributed by atoms with E-state index in [4.69, 9.17) is 0 Å². The minimum absolute atomic E-state index is 0.230. The molecule has 2 rings (SSSR count). The van der Waals surface area contributed by atoms with Crippen molar-refractivity contribution in [2.45, 2.75) is 26.7 Å². The van der Waals surface area contributed by atoms with Crippen molar-refractivity contribution < 1.29 is 14.4 Å². The molecule has 0 aliphatic carbocycles. The molecule has 6 heteroatoms. The number of carbonyl (C=O) groups is 3. The van der Waals surface area contributed by atoms with E-state index in [0.29, 0.717) is 18.5 Å². The third kappa shape index (κ3) is 2.38. The topological polar surface area (TPSA) is 99.1 Å². The van der Waals surface area contributed by atoms with Crippen LogP contribution in [0.4, 0.5) is 5.69 Å². The van der Waals surface area contributed by atoms with E-state index in [1.165, 1.54) is 12.1 Å². The van der Waals surface area contributed by atoms with E-state index < -0.39 is 23.1 Å². The molecule has 1 aliphatic heterocycles. The Morgan fingerprint density at radius 3 is 2.43 bits per heavy atom. The lowest BCUT2D eigenvalue weighted by molar-refractivity contribution is -0.123. The van der Waals surface area contributed by atoms with Crippen molar-refractivity contribution in [1.29, 1.82) is 5.26 Å². The molecule has 0 fully saturated rings. The summed E-state index contributed by atoms with van der Waals surface area (Å²) in [6.07, 6.45) is 0.797. The largest absolute Gasteiger partial charge is 0.325 e. The molecule has 0 saturated heterocycles. The Morgan fingerprint density at radius 2 is 1.86 bits per heavy atom. The van der Waals surface area contributed by atoms with E-state index in [1.54, 1.807) is 19.9 Å². The normalized spacial score (nSPS) is 13.4. The van der Waals surface area contributed by atoms with Gasteiger partial charge in [0.1, 0.15) is 5.41 Å². The van der Waals surface area contributed by atoms with E-state index in [9.17, 15) is 19.6 Å². The Hall–Kier alpha value is -2.68. The summed E-state index contributed by atoms with van der Waals surface area (Å²) in [5.74, 6) is -1.33. The molecule has 1 heterocycles. The summed E-state index contributed by atoms with van der Waals surface area (Å²) in [7, 11) is 0. The highest BCUT2D eigenvalue weighted by molar-refractivity contribution is 6.22. The van der Waals surface area contributed by atoms with Gasteiger partial charge in [-0.3, -0.25) is 19.7 Å². The first-order valence-corrected chi connectivity index (χ1v) is 6.70. The zero-order valence-electron chi connectivity index (χ0n) is 11.8. The highest BCUT2D eigenvalue weighted by Gasteiger charge is 2.35. The Labute approximate surface area is 122 Å². The number of hydrogen-bond donors (Lipinski definition) is 2. The van der Waals surface area contributed by atoms with E-state index in [0.717, 1.165) is 0 Å². The smallest absolute Gasteiger partial charge is 0.259 e. The first kappa shape index (κ1) is 14.7. The van der Waals surface area contributed by atoms with Crippen LogP contribution >= 0.6 is 0 Å². The number of amides is 3. The van der Waals surface area contributed by atoms with E-state index in [2.05, 4.69) is 16.7 Å². The fourth-order valence-corrected chi connectivity index (χ4v) is 2.28. The molecule has 1 aromatic rings. The molecular weight excluding hydrogens is 270 g/mol. The lowest BCUT2D eigenvalue weighted by Gasteiger charge is -2.22. The lowest BCUT2D eigenvalue weighted by Crippen LogP contribution is -2.34. The third-order valence-corrected chi connectivity index (χ3v) is 3.85. The van der Waals surface area contributed by atoms with Gasteiger partial charge in [-0.25, -0.2) is 0 Å². The van der Waals surface area contributed by atoms with Gasteiger partial charge in [-0.1, -0.05) is 13.8 Å². The van der Waals surface area contributed by atoms with Gasteiger partial charge in [-0.15, -0.1) is 0 Å². The van der Waals surface area contributed by atoms with Crippen molar-refractivity contribution in [1.82, 2.24) is 5.32 Å². The maximum absolute atomic E-state index is 12.3. The predicted molar refractivity (Wildman–Crippen MR) is 75.5 cm³/mol. The summed E-state index contributed by atoms with van der Waals surface area (Å²) >= 11 is 0. The maximum Gasteiger partial charge on any atom is 0.259 e. The predicted octanol–water partition coefficient (Wildman–Crippen LogP) is 1.84. The van der Waals surface area contributed by atoms with Crippen LogP contribution in [0.3, 0.4) is 0 Å². The van der Waals surface area contributed by atoms with Crippen LogP contribution in [-0.4, -0.2) is 17.7 Å². The number of hydrogen-bond acceptors (Lipinski definition) is 4. The first-order valence-electron chi connectivity index (χ1n) is 6.70. The number of benzene rings is 1. The van der Waals surface area contributed by atoms with E-state index in [-0.39, 0.29) is 11.1 Å². The summed E-state index contributed by atoms with van der Waals surface area (Å²) in [5, 5.41) is 14.1. The summed E-state index contributed by atoms with van der Waals surface area (Å²) in [6, 6.07) is 6.53. The van der Waals surface area contributed by atoms with Gasteiger partial charge in [-0.05, 0) is 31.0 Å². The molecule has 0 radical (unpaired) electrons. The van der Waals surface area contributed by atoms with Gasteiger partial charge in [-0.2, -0.15) is 5.26 Å². The van der Waals surface area contributed by atoms with Gasteiger partial charge >= 0.3 is 0 Å². The van der Waals surface area contributed by atoms with Crippen LogP contribution in [0.5, 0.6) is 0 Å². The molecule has 1 aromatic carbocycles. The quantitative estimate of drug-likeness (QED) is 0.824. The molecule has 1 aliphatic rings. The summed E-state index contributed by atoms with van der Waals surface area (Å²) in [6.45, 7) is 3.56. The van der Waals surface area contributed by atoms with Gasteiger partial charge in [0.25, 0.3) is 11.8 Å². The van der Waals surface area contributed by atoms with Crippen LogP contribution < -0.4 is 10.6 Å². The molecule has 0 bridgehead atoms. The number of nitrogens with one attached hydrogen (secondary N) is 2. The Morgan fingerprint density at radius 1 is 1.24 bits per heavy atom. The van der Waals surface area contributed by atoms with Crippen molar-refractivity contribution >= 4 is 23.4 Å². The summed E-state index contributed by atoms with van der Waals surface area (Å²) in [4.78, 5) is 35.3. The second-order valence-electron chi connectivity index (χ2n) is 4.90. The Kier molecular flexibility index (Phi) is 3.76. The fourth-order valence-electron chi connectivity index (χ4n) is 2.28. The molecule has 0 unspecified atom stereocenters. The molecule has 108 valence electrons. The molecule has 0 saturated carbocycles. The highest BCUT2D eigenvalue weighted by Crippen LogP contribution is 2.28. The minimum atomic E-state index is -1.09. The number of imide groups is 1. The molecule has 0 spiro atoms. The van der Waals surface area contributed by atoms with Crippen LogP contribution in [0.2, 0.25) is 0 Å². The lowest BCUT2D eigenvalue weighted by atomic mass is 9.83. The molecule has 0 aromatic heterocycles. The molecule has 6 nitrogen and oxygen atoms in total. The Balaban J connectivity index is 2.28. The van der Waals surface area contributed by atoms with E-state index in [1.807, 2.05) is 0 Å². The number of nitriles is 1. The van der Waals surface area contributed by atoms with Crippen LogP contribution in [0, 0.1) is 16.7 Å². The van der Waals surface area contributed by atoms with Crippen LogP contribution in [0.25, 0.3) is 0 Å². The van der Waals surface area contributed by atoms with Gasteiger partial charge < -0.3 is 5.32 Å². The zero-order chi connectivity index (χ0) is 15.6. The maximum atomic E-state index is 12.3. The SMILES string of the molecule is CCC(C#N)(CC)C(=O)Nc1ccc2c(c1)C(=O)NC2=O. The van der Waals surface area contributed by atoms with Crippen molar-refractivity contribution in [3.05, 3.63) is 29.3 Å². The third-order valence-electron chi connectivity index (χ3n) is 3.85. The average molecular weight is 285 g/mol. The second-order valence-corrected chi connectivity index (χ2v) is 4.90. The second kappa shape index (κ2) is 5.37. The van der Waals surface area contributed by atoms with Crippen molar-refractivity contribution in [3.8, 4) is 6.07 Å². The van der Waals surface area contributed by atoms with Crippen LogP contribution in [0.15, 0.2) is 18.2 Å². The van der Waals surface area contributed by atoms with Gasteiger partial charge in [0.05, 0.1) is 17.2 Å². The number of rotatable bonds is 4. The van der Waals surface area contributed by atoms with Gasteiger partial charge in [0.2, 0.25) is 5.91 Å². The Bertz CT molecular complexity index is 669. The summed E-state index contributed by atoms with van der Waals surface area (Å²) < 4.78 is 0. The zero-order valence-corrected chi connectivity index (χ0v) is 11.8. The van der Waals surface area contributed by atoms with Crippen LogP contribution in [0.1, 0.15) is 47.4 Å². The number of nitrogens with zero attached hydrogens (tertiary/aromatic N) is 1. The molecule has 21 heavy (non-hydrogen) atoms. The summed E-state index contributed by atoms with van der Waals surface area (Å²) in [5.41, 5.74) is -0.175. The van der Waals surface area contributed by atoms with E-state index >= 15 is 0 Å². The molecular formula is C15H15N3O3. The minimum Gasteiger partial charge on any atom is -0.325 e. The molecule has 2 N–H and O–H groups in total. The molecule has 0 atom stereocenters. The first-order chi connectivity index (χ1) is 9.97. The van der Waals surface area contributed by atoms with Gasteiger partial charge in [0, 0.05) is 5.69 Å². The molecule has 3 amide bonds. The van der Waals surface area contributed by atoms with Crippen molar-refractivity contribution in [2.24, 2.45) is 5.41 Å². The number of anilines is 1. The number of carbonyl (C=O) groups excluding carboxylic acids is 3. The average Bonchev–Trinajstić information content (AvgIpc) is 2.76. The van der Waals surface area contributed by atoms with Crippen molar-refractivity contribution in [3.63, 3.8) is 0 Å². The standard InChI is InChI=1S/C15H15N3O3/c1-3-15(4-2,8-16)14(21)17-9-5-6-10-11(7-9)13(20)18-12(10)19/h5-7H,3-4H2,1-2H3,(H,17,21)(H,18,19,20). The van der Waals surface area contributed by atoms with Gasteiger partial charge in [0.15, 0.2) is 0 Å². The fraction of sp³-hybridized carbons (Fsp3) is 0.333.